The second kappa shape index (κ2) is 10.2. The van der Waals surface area contributed by atoms with Crippen LogP contribution in [0.1, 0.15) is 28.8 Å². The van der Waals surface area contributed by atoms with E-state index in [-0.39, 0.29) is 0 Å². The van der Waals surface area contributed by atoms with Crippen molar-refractivity contribution in [3.63, 3.8) is 0 Å². The third-order valence-corrected chi connectivity index (χ3v) is 6.81. The number of aryl methyl sites for hydroxylation is 1. The van der Waals surface area contributed by atoms with Gasteiger partial charge in [-0.15, -0.1) is 0 Å². The van der Waals surface area contributed by atoms with Gasteiger partial charge in [-0.05, 0) is 46.5 Å². The molecule has 7 nitrogen and oxygen atoms in total. The zero-order valence-electron chi connectivity index (χ0n) is 20.4. The van der Waals surface area contributed by atoms with E-state index in [0.717, 1.165) is 40.3 Å². The van der Waals surface area contributed by atoms with Gasteiger partial charge in [0.2, 0.25) is 0 Å². The molecule has 1 aliphatic heterocycles. The van der Waals surface area contributed by atoms with Crippen molar-refractivity contribution in [3.05, 3.63) is 119 Å². The topological polar surface area (TPSA) is 92.2 Å². The lowest BCUT2D eigenvalue weighted by atomic mass is 9.79. The minimum atomic E-state index is -1.01. The van der Waals surface area contributed by atoms with Crippen molar-refractivity contribution in [2.45, 2.75) is 19.1 Å². The number of fused-ring (bicyclic) bond motifs is 1. The van der Waals surface area contributed by atoms with Gasteiger partial charge in [0.25, 0.3) is 5.78 Å². The van der Waals surface area contributed by atoms with Crippen molar-refractivity contribution in [2.75, 3.05) is 12.2 Å². The van der Waals surface area contributed by atoms with Crippen LogP contribution in [0.25, 0.3) is 16.3 Å². The van der Waals surface area contributed by atoms with Gasteiger partial charge in [0.15, 0.2) is 0 Å². The molecule has 1 fully saturated rings. The Kier molecular flexibility index (Phi) is 6.64. The van der Waals surface area contributed by atoms with Gasteiger partial charge >= 0.3 is 11.7 Å². The summed E-state index contributed by atoms with van der Waals surface area (Å²) in [5.74, 6) is -2.61. The molecule has 0 amide bonds. The number of ether oxygens (including phenoxy) is 1. The third-order valence-electron chi connectivity index (χ3n) is 6.81. The smallest absolute Gasteiger partial charge is 0.441 e. The molecule has 3 atom stereocenters. The Hall–Kier alpha value is -4.58. The molecule has 0 unspecified atom stereocenters. The highest BCUT2D eigenvalue weighted by Gasteiger charge is 2.54. The normalized spacial score (nSPS) is 18.9. The first kappa shape index (κ1) is 24.1. The number of Topliss-reactive ketones (excluding diaryl/α,β-unsaturated/α-hetero) is 1. The van der Waals surface area contributed by atoms with Crippen LogP contribution in [-0.2, 0) is 19.2 Å². The SMILES string of the molecule is COC(=O)C(=[N+]=[N-])C(=O)[C@@H]1[C@@H](c2ccccc2C)ON(c2ccccc2)[C@H]1c1cccc2ccccc12. The predicted molar refractivity (Wildman–Crippen MR) is 140 cm³/mol. The Bertz CT molecular complexity index is 1520. The van der Waals surface area contributed by atoms with Crippen molar-refractivity contribution in [1.82, 2.24) is 0 Å². The molecule has 0 radical (unpaired) electrons. The van der Waals surface area contributed by atoms with Gasteiger partial charge in [-0.1, -0.05) is 84.9 Å². The maximum atomic E-state index is 14.1. The van der Waals surface area contributed by atoms with E-state index in [1.54, 1.807) is 5.06 Å². The van der Waals surface area contributed by atoms with Crippen molar-refractivity contribution < 1.29 is 24.0 Å². The van der Waals surface area contributed by atoms with Crippen LogP contribution in [0.2, 0.25) is 0 Å². The summed E-state index contributed by atoms with van der Waals surface area (Å²) in [6, 6.07) is 30.3. The Morgan fingerprint density at radius 1 is 0.865 bits per heavy atom. The largest absolute Gasteiger partial charge is 0.460 e. The molecular weight excluding hydrogens is 466 g/mol. The number of nitrogens with zero attached hydrogens (tertiary/aromatic N) is 3. The summed E-state index contributed by atoms with van der Waals surface area (Å²) in [7, 11) is 1.14. The molecular formula is C30H25N3O4. The number of benzene rings is 4. The van der Waals surface area contributed by atoms with E-state index in [0.29, 0.717) is 0 Å². The minimum absolute atomic E-state index is 0.646. The molecule has 4 aromatic carbocycles. The standard InChI is InChI=1S/C30H25N3O4/c1-19-11-6-8-16-22(19)29-25(28(34)26(32-31)30(35)36-2)27(33(37-29)21-14-4-3-5-15-21)24-18-10-13-20-12-7-9-17-23(20)24/h3-18,25,27,29H,1-2H3/t25-,27+,29-/m1/s1. The van der Waals surface area contributed by atoms with E-state index in [9.17, 15) is 15.1 Å². The summed E-state index contributed by atoms with van der Waals surface area (Å²) in [5, 5.41) is 3.68. The van der Waals surface area contributed by atoms with E-state index in [2.05, 4.69) is 4.79 Å². The zero-order chi connectivity index (χ0) is 25.9. The molecule has 37 heavy (non-hydrogen) atoms. The second-order valence-corrected chi connectivity index (χ2v) is 8.89. The number of hydroxylamine groups is 1. The summed E-state index contributed by atoms with van der Waals surface area (Å²) < 4.78 is 4.77. The van der Waals surface area contributed by atoms with Crippen molar-refractivity contribution >= 4 is 33.9 Å². The van der Waals surface area contributed by atoms with Crippen molar-refractivity contribution in [3.8, 4) is 0 Å². The van der Waals surface area contributed by atoms with Gasteiger partial charge in [0.1, 0.15) is 6.10 Å². The summed E-state index contributed by atoms with van der Waals surface area (Å²) in [5.41, 5.74) is 12.3. The van der Waals surface area contributed by atoms with Crippen LogP contribution in [-0.4, -0.2) is 29.4 Å². The summed E-state index contributed by atoms with van der Waals surface area (Å²) in [6.07, 6.45) is -0.765. The molecule has 1 saturated heterocycles. The molecule has 0 aliphatic carbocycles. The maximum absolute atomic E-state index is 14.1. The number of methoxy groups -OCH3 is 1. The molecule has 5 rings (SSSR count). The number of para-hydroxylation sites is 1. The van der Waals surface area contributed by atoms with Gasteiger partial charge in [-0.3, -0.25) is 9.63 Å². The number of carbonyl (C=O) groups excluding carboxylic acids is 2. The molecule has 0 spiro atoms. The van der Waals surface area contributed by atoms with Crippen LogP contribution in [0.3, 0.4) is 0 Å². The van der Waals surface area contributed by atoms with E-state index in [1.165, 1.54) is 0 Å². The fourth-order valence-electron chi connectivity index (χ4n) is 5.07. The molecule has 0 saturated carbocycles. The van der Waals surface area contributed by atoms with Crippen LogP contribution in [0.15, 0.2) is 97.1 Å². The fraction of sp³-hybridized carbons (Fsp3) is 0.167. The number of hydrogen-bond donors (Lipinski definition) is 0. The highest BCUT2D eigenvalue weighted by atomic mass is 16.7. The third kappa shape index (κ3) is 4.31. The van der Waals surface area contributed by atoms with Gasteiger partial charge in [0, 0.05) is 0 Å². The Morgan fingerprint density at radius 2 is 1.51 bits per heavy atom. The van der Waals surface area contributed by atoms with Gasteiger partial charge < -0.3 is 10.3 Å². The second-order valence-electron chi connectivity index (χ2n) is 8.89. The predicted octanol–water partition coefficient (Wildman–Crippen LogP) is 5.41. The average molecular weight is 492 g/mol. The summed E-state index contributed by atoms with van der Waals surface area (Å²) in [4.78, 5) is 36.2. The lowest BCUT2D eigenvalue weighted by molar-refractivity contribution is -0.140. The molecule has 7 heteroatoms. The van der Waals surface area contributed by atoms with Gasteiger partial charge in [-0.2, -0.15) is 4.79 Å². The number of ketones is 1. The highest BCUT2D eigenvalue weighted by molar-refractivity contribution is 6.62. The van der Waals surface area contributed by atoms with Crippen LogP contribution in [0.4, 0.5) is 5.69 Å². The summed E-state index contributed by atoms with van der Waals surface area (Å²) >= 11 is 0. The first-order chi connectivity index (χ1) is 18.0. The Balaban J connectivity index is 1.78. The van der Waals surface area contributed by atoms with Crippen molar-refractivity contribution in [1.29, 1.82) is 0 Å². The van der Waals surface area contributed by atoms with E-state index < -0.39 is 35.5 Å². The van der Waals surface area contributed by atoms with Crippen LogP contribution < -0.4 is 5.06 Å². The Morgan fingerprint density at radius 3 is 2.24 bits per heavy atom. The maximum Gasteiger partial charge on any atom is 0.441 e. The van der Waals surface area contributed by atoms with Crippen LogP contribution in [0.5, 0.6) is 0 Å². The van der Waals surface area contributed by atoms with Gasteiger partial charge in [-0.25, -0.2) is 9.86 Å². The molecule has 184 valence electrons. The van der Waals surface area contributed by atoms with Crippen molar-refractivity contribution in [2.24, 2.45) is 5.92 Å². The zero-order valence-corrected chi connectivity index (χ0v) is 20.4. The number of esters is 1. The molecule has 0 bridgehead atoms. The fourth-order valence-corrected chi connectivity index (χ4v) is 5.07. The van der Waals surface area contributed by atoms with Crippen LogP contribution >= 0.6 is 0 Å². The molecule has 1 heterocycles. The number of rotatable bonds is 6. The average Bonchev–Trinajstić information content (AvgIpc) is 3.33. The number of carbonyl (C=O) groups is 2. The highest BCUT2D eigenvalue weighted by Crippen LogP contribution is 2.51. The minimum Gasteiger partial charge on any atom is -0.460 e. The molecule has 0 N–H and O–H groups in total. The van der Waals surface area contributed by atoms with E-state index >= 15 is 0 Å². The number of hydrogen-bond acceptors (Lipinski definition) is 5. The lowest BCUT2D eigenvalue weighted by Crippen LogP contribution is -2.37. The van der Waals surface area contributed by atoms with E-state index in [4.69, 9.17) is 9.57 Å². The Labute approximate surface area is 214 Å². The number of anilines is 1. The monoisotopic (exact) mass is 491 g/mol. The molecule has 4 aromatic rings. The summed E-state index contributed by atoms with van der Waals surface area (Å²) in [6.45, 7) is 1.94. The molecule has 0 aromatic heterocycles. The first-order valence-electron chi connectivity index (χ1n) is 11.9. The van der Waals surface area contributed by atoms with E-state index in [1.807, 2.05) is 104 Å². The first-order valence-corrected chi connectivity index (χ1v) is 11.9. The van der Waals surface area contributed by atoms with Gasteiger partial charge in [0.05, 0.1) is 24.8 Å². The van der Waals surface area contributed by atoms with Crippen LogP contribution in [0, 0.1) is 12.8 Å². The molecule has 1 aliphatic rings. The lowest BCUT2D eigenvalue weighted by Gasteiger charge is -2.27. The quantitative estimate of drug-likeness (QED) is 0.118.